The van der Waals surface area contributed by atoms with Gasteiger partial charge in [0, 0.05) is 18.2 Å². The molecule has 0 bridgehead atoms. The van der Waals surface area contributed by atoms with Gasteiger partial charge in [0.25, 0.3) is 5.91 Å². The van der Waals surface area contributed by atoms with Gasteiger partial charge in [-0.2, -0.15) is 5.10 Å². The summed E-state index contributed by atoms with van der Waals surface area (Å²) in [4.78, 5) is 15.4. The molecular formula is C26H25N3O3. The highest BCUT2D eigenvalue weighted by atomic mass is 16.5. The molecule has 0 fully saturated rings. The molecule has 0 radical (unpaired) electrons. The molecule has 1 atom stereocenters. The first-order valence-corrected chi connectivity index (χ1v) is 10.9. The monoisotopic (exact) mass is 427 g/mol. The molecule has 1 aliphatic heterocycles. The largest absolute Gasteiger partial charge is 0.494 e. The lowest BCUT2D eigenvalue weighted by Crippen LogP contribution is -2.29. The standard InChI is InChI=1S/C26H25N3O3/c1-3-15-31-20-13-11-19(12-14-20)24-22-23(18-8-5-4-6-9-18)27-28(2)25(22)26(30)29(24)17-21-10-7-16-32-21/h4-14,16,24H,3,15,17H2,1-2H3/t24-/m0/s1. The average molecular weight is 428 g/mol. The van der Waals surface area contributed by atoms with Crippen molar-refractivity contribution in [1.29, 1.82) is 0 Å². The van der Waals surface area contributed by atoms with Gasteiger partial charge in [-0.3, -0.25) is 9.48 Å². The molecule has 0 saturated carbocycles. The van der Waals surface area contributed by atoms with Crippen molar-refractivity contribution in [2.24, 2.45) is 7.05 Å². The van der Waals surface area contributed by atoms with Gasteiger partial charge in [-0.25, -0.2) is 0 Å². The number of carbonyl (C=O) groups excluding carboxylic acids is 1. The van der Waals surface area contributed by atoms with Crippen LogP contribution in [-0.2, 0) is 13.6 Å². The molecule has 2 aromatic carbocycles. The van der Waals surface area contributed by atoms with E-state index in [1.165, 1.54) is 0 Å². The van der Waals surface area contributed by atoms with Crippen molar-refractivity contribution < 1.29 is 13.9 Å². The minimum atomic E-state index is -0.272. The zero-order valence-corrected chi connectivity index (χ0v) is 18.2. The maximum Gasteiger partial charge on any atom is 0.273 e. The molecule has 0 unspecified atom stereocenters. The Balaban J connectivity index is 1.62. The van der Waals surface area contributed by atoms with E-state index in [9.17, 15) is 4.79 Å². The highest BCUT2D eigenvalue weighted by Gasteiger charge is 2.43. The molecule has 0 N–H and O–H groups in total. The molecule has 0 aliphatic carbocycles. The third-order valence-electron chi connectivity index (χ3n) is 5.75. The quantitative estimate of drug-likeness (QED) is 0.406. The first kappa shape index (κ1) is 20.1. The summed E-state index contributed by atoms with van der Waals surface area (Å²) < 4.78 is 13.0. The smallest absolute Gasteiger partial charge is 0.273 e. The van der Waals surface area contributed by atoms with Crippen LogP contribution in [0.1, 0.15) is 46.8 Å². The molecule has 0 saturated heterocycles. The lowest BCUT2D eigenvalue weighted by atomic mass is 9.96. The fraction of sp³-hybridized carbons (Fsp3) is 0.231. The summed E-state index contributed by atoms with van der Waals surface area (Å²) in [5.41, 5.74) is 4.38. The van der Waals surface area contributed by atoms with Crippen LogP contribution >= 0.6 is 0 Å². The van der Waals surface area contributed by atoms with E-state index in [0.717, 1.165) is 40.3 Å². The van der Waals surface area contributed by atoms with E-state index < -0.39 is 0 Å². The van der Waals surface area contributed by atoms with Gasteiger partial charge in [0.05, 0.1) is 31.2 Å². The topological polar surface area (TPSA) is 60.5 Å². The number of fused-ring (bicyclic) bond motifs is 1. The van der Waals surface area contributed by atoms with Gasteiger partial charge >= 0.3 is 0 Å². The molecule has 4 aromatic rings. The second kappa shape index (κ2) is 8.38. The fourth-order valence-corrected chi connectivity index (χ4v) is 4.32. The summed E-state index contributed by atoms with van der Waals surface area (Å²) in [7, 11) is 1.83. The predicted octanol–water partition coefficient (Wildman–Crippen LogP) is 5.21. The van der Waals surface area contributed by atoms with Crippen LogP contribution in [0.3, 0.4) is 0 Å². The Morgan fingerprint density at radius 2 is 1.81 bits per heavy atom. The van der Waals surface area contributed by atoms with Gasteiger partial charge < -0.3 is 14.1 Å². The van der Waals surface area contributed by atoms with Crippen molar-refractivity contribution in [3.8, 4) is 17.0 Å². The predicted molar refractivity (Wildman–Crippen MR) is 121 cm³/mol. The van der Waals surface area contributed by atoms with E-state index in [0.29, 0.717) is 18.8 Å². The fourth-order valence-electron chi connectivity index (χ4n) is 4.32. The molecule has 32 heavy (non-hydrogen) atoms. The number of benzene rings is 2. The molecule has 162 valence electrons. The van der Waals surface area contributed by atoms with E-state index in [4.69, 9.17) is 14.3 Å². The average Bonchev–Trinajstić information content (AvgIpc) is 3.52. The van der Waals surface area contributed by atoms with Crippen LogP contribution in [0.5, 0.6) is 5.75 Å². The number of hydrogen-bond donors (Lipinski definition) is 0. The third-order valence-corrected chi connectivity index (χ3v) is 5.75. The summed E-state index contributed by atoms with van der Waals surface area (Å²) in [5.74, 6) is 1.52. The summed E-state index contributed by atoms with van der Waals surface area (Å²) in [6, 6.07) is 21.5. The Labute approximate surface area is 187 Å². The Bertz CT molecular complexity index is 1210. The zero-order chi connectivity index (χ0) is 22.1. The van der Waals surface area contributed by atoms with Crippen molar-refractivity contribution in [1.82, 2.24) is 14.7 Å². The number of amides is 1. The van der Waals surface area contributed by atoms with Crippen molar-refractivity contribution in [2.45, 2.75) is 25.9 Å². The minimum Gasteiger partial charge on any atom is -0.494 e. The van der Waals surface area contributed by atoms with Gasteiger partial charge in [0.15, 0.2) is 0 Å². The van der Waals surface area contributed by atoms with Crippen molar-refractivity contribution in [3.05, 3.63) is 95.6 Å². The maximum absolute atomic E-state index is 13.6. The van der Waals surface area contributed by atoms with Gasteiger partial charge in [-0.05, 0) is 36.2 Å². The number of ether oxygens (including phenoxy) is 1. The number of furan rings is 1. The van der Waals surface area contributed by atoms with E-state index in [1.807, 2.05) is 78.7 Å². The molecule has 5 rings (SSSR count). The normalized spacial score (nSPS) is 15.2. The number of aryl methyl sites for hydroxylation is 1. The highest BCUT2D eigenvalue weighted by molar-refractivity contribution is 6.00. The summed E-state index contributed by atoms with van der Waals surface area (Å²) in [6.07, 6.45) is 2.59. The molecule has 0 spiro atoms. The molecule has 6 heteroatoms. The van der Waals surface area contributed by atoms with E-state index in [-0.39, 0.29) is 11.9 Å². The third kappa shape index (κ3) is 3.47. The number of rotatable bonds is 7. The van der Waals surface area contributed by atoms with Crippen LogP contribution in [0, 0.1) is 0 Å². The number of aromatic nitrogens is 2. The summed E-state index contributed by atoms with van der Waals surface area (Å²) in [5, 5.41) is 4.74. The van der Waals surface area contributed by atoms with Crippen LogP contribution in [0.25, 0.3) is 11.3 Å². The molecule has 1 amide bonds. The van der Waals surface area contributed by atoms with Crippen molar-refractivity contribution >= 4 is 5.91 Å². The number of nitrogens with zero attached hydrogens (tertiary/aromatic N) is 3. The highest BCUT2D eigenvalue weighted by Crippen LogP contribution is 2.44. The minimum absolute atomic E-state index is 0.0510. The lowest BCUT2D eigenvalue weighted by Gasteiger charge is -2.26. The Kier molecular flexibility index (Phi) is 5.27. The second-order valence-corrected chi connectivity index (χ2v) is 7.93. The van der Waals surface area contributed by atoms with Gasteiger partial charge in [0.1, 0.15) is 17.2 Å². The number of carbonyl (C=O) groups is 1. The van der Waals surface area contributed by atoms with Gasteiger partial charge in [0.2, 0.25) is 0 Å². The SMILES string of the molecule is CCCOc1ccc([C@H]2c3c(-c4ccccc4)nn(C)c3C(=O)N2Cc2ccco2)cc1. The number of hydrogen-bond acceptors (Lipinski definition) is 4. The van der Waals surface area contributed by atoms with Crippen LogP contribution in [0.15, 0.2) is 77.4 Å². The Morgan fingerprint density at radius 1 is 1.03 bits per heavy atom. The first-order chi connectivity index (χ1) is 15.7. The van der Waals surface area contributed by atoms with Gasteiger partial charge in [-0.1, -0.05) is 49.4 Å². The van der Waals surface area contributed by atoms with Crippen molar-refractivity contribution in [2.75, 3.05) is 6.61 Å². The maximum atomic E-state index is 13.6. The molecule has 6 nitrogen and oxygen atoms in total. The Hall–Kier alpha value is -3.80. The molecule has 2 aromatic heterocycles. The second-order valence-electron chi connectivity index (χ2n) is 7.93. The zero-order valence-electron chi connectivity index (χ0n) is 18.2. The van der Waals surface area contributed by atoms with Crippen LogP contribution < -0.4 is 4.74 Å². The summed E-state index contributed by atoms with van der Waals surface area (Å²) >= 11 is 0. The van der Waals surface area contributed by atoms with Crippen LogP contribution in [0.4, 0.5) is 0 Å². The summed E-state index contributed by atoms with van der Waals surface area (Å²) in [6.45, 7) is 3.14. The molecular weight excluding hydrogens is 402 g/mol. The van der Waals surface area contributed by atoms with Gasteiger partial charge in [-0.15, -0.1) is 0 Å². The molecule has 3 heterocycles. The Morgan fingerprint density at radius 3 is 2.50 bits per heavy atom. The first-order valence-electron chi connectivity index (χ1n) is 10.9. The van der Waals surface area contributed by atoms with E-state index >= 15 is 0 Å². The molecule has 1 aliphatic rings. The van der Waals surface area contributed by atoms with Crippen LogP contribution in [-0.4, -0.2) is 27.2 Å². The van der Waals surface area contributed by atoms with E-state index in [1.54, 1.807) is 10.9 Å². The van der Waals surface area contributed by atoms with Crippen LogP contribution in [0.2, 0.25) is 0 Å². The van der Waals surface area contributed by atoms with E-state index in [2.05, 4.69) is 6.92 Å². The lowest BCUT2D eigenvalue weighted by molar-refractivity contribution is 0.0713. The van der Waals surface area contributed by atoms with Crippen molar-refractivity contribution in [3.63, 3.8) is 0 Å².